The van der Waals surface area contributed by atoms with Gasteiger partial charge in [-0.15, -0.1) is 0 Å². The number of ether oxygens (including phenoxy) is 2. The predicted octanol–water partition coefficient (Wildman–Crippen LogP) is -0.0986. The van der Waals surface area contributed by atoms with Gasteiger partial charge >= 0.3 is 0 Å². The zero-order chi connectivity index (χ0) is 12.1. The van der Waals surface area contributed by atoms with Crippen LogP contribution < -0.4 is 10.5 Å². The average molecular weight is 237 g/mol. The minimum absolute atomic E-state index is 0.00842. The van der Waals surface area contributed by atoms with Gasteiger partial charge in [0.15, 0.2) is 0 Å². The Labute approximate surface area is 99.3 Å². The van der Waals surface area contributed by atoms with Crippen molar-refractivity contribution in [1.82, 2.24) is 9.88 Å². The second-order valence-electron chi connectivity index (χ2n) is 3.70. The van der Waals surface area contributed by atoms with Crippen LogP contribution in [-0.4, -0.2) is 48.7 Å². The molecule has 2 heterocycles. The molecule has 0 saturated carbocycles. The Morgan fingerprint density at radius 2 is 2.47 bits per heavy atom. The van der Waals surface area contributed by atoms with Gasteiger partial charge in [0.2, 0.25) is 5.91 Å². The van der Waals surface area contributed by atoms with Crippen molar-refractivity contribution in [2.75, 3.05) is 38.6 Å². The molecule has 1 aromatic heterocycles. The van der Waals surface area contributed by atoms with Crippen LogP contribution >= 0.6 is 0 Å². The third-order valence-corrected chi connectivity index (χ3v) is 2.47. The Hall–Kier alpha value is -1.82. The molecule has 1 aromatic rings. The molecule has 0 bridgehead atoms. The molecule has 0 unspecified atom stereocenters. The number of anilines is 1. The summed E-state index contributed by atoms with van der Waals surface area (Å²) >= 11 is 0. The maximum Gasteiger partial charge on any atom is 0.248 e. The highest BCUT2D eigenvalue weighted by atomic mass is 16.5. The Morgan fingerprint density at radius 1 is 1.59 bits per heavy atom. The molecule has 17 heavy (non-hydrogen) atoms. The van der Waals surface area contributed by atoms with E-state index in [1.807, 2.05) is 0 Å². The van der Waals surface area contributed by atoms with Gasteiger partial charge in [0.05, 0.1) is 13.2 Å². The molecule has 0 atom stereocenters. The maximum atomic E-state index is 11.4. The van der Waals surface area contributed by atoms with Crippen molar-refractivity contribution >= 4 is 11.7 Å². The summed E-state index contributed by atoms with van der Waals surface area (Å²) in [5, 5.41) is 0. The van der Waals surface area contributed by atoms with Gasteiger partial charge in [0, 0.05) is 18.8 Å². The molecule has 0 aromatic carbocycles. The highest BCUT2D eigenvalue weighted by Gasteiger charge is 2.17. The molecular weight excluding hydrogens is 222 g/mol. The number of carbonyl (C=O) groups is 1. The monoisotopic (exact) mass is 237 g/mol. The van der Waals surface area contributed by atoms with Crippen molar-refractivity contribution < 1.29 is 14.3 Å². The van der Waals surface area contributed by atoms with Crippen LogP contribution in [0.5, 0.6) is 5.75 Å². The van der Waals surface area contributed by atoms with E-state index in [1.54, 1.807) is 23.2 Å². The number of nitrogens with zero attached hydrogens (tertiary/aromatic N) is 2. The number of aromatic nitrogens is 1. The molecule has 0 radical (unpaired) electrons. The van der Waals surface area contributed by atoms with E-state index in [2.05, 4.69) is 4.98 Å². The van der Waals surface area contributed by atoms with Crippen LogP contribution in [0.2, 0.25) is 0 Å². The second-order valence-corrected chi connectivity index (χ2v) is 3.70. The summed E-state index contributed by atoms with van der Waals surface area (Å²) in [7, 11) is 0. The summed E-state index contributed by atoms with van der Waals surface area (Å²) in [6, 6.07) is 3.39. The fraction of sp³-hybridized carbons (Fsp3) is 0.455. The van der Waals surface area contributed by atoms with E-state index in [9.17, 15) is 4.79 Å². The fourth-order valence-electron chi connectivity index (χ4n) is 1.58. The van der Waals surface area contributed by atoms with E-state index in [1.165, 1.54) is 0 Å². The lowest BCUT2D eigenvalue weighted by Gasteiger charge is -2.26. The summed E-state index contributed by atoms with van der Waals surface area (Å²) < 4.78 is 10.5. The van der Waals surface area contributed by atoms with Gasteiger partial charge < -0.3 is 20.1 Å². The van der Waals surface area contributed by atoms with E-state index in [4.69, 9.17) is 15.2 Å². The van der Waals surface area contributed by atoms with Gasteiger partial charge in [-0.05, 0) is 6.07 Å². The van der Waals surface area contributed by atoms with Crippen molar-refractivity contribution in [2.24, 2.45) is 0 Å². The summed E-state index contributed by atoms with van der Waals surface area (Å²) in [5.41, 5.74) is 5.52. The molecule has 92 valence electrons. The van der Waals surface area contributed by atoms with Crippen molar-refractivity contribution in [3.8, 4) is 5.75 Å². The molecule has 2 rings (SSSR count). The lowest BCUT2D eigenvalue weighted by Crippen LogP contribution is -2.43. The number of amides is 1. The number of hydrogen-bond acceptors (Lipinski definition) is 5. The first-order valence-corrected chi connectivity index (χ1v) is 5.45. The van der Waals surface area contributed by atoms with E-state index >= 15 is 0 Å². The summed E-state index contributed by atoms with van der Waals surface area (Å²) in [5.74, 6) is 1.09. The van der Waals surface area contributed by atoms with Gasteiger partial charge in [-0.3, -0.25) is 4.79 Å². The van der Waals surface area contributed by atoms with Crippen LogP contribution in [-0.2, 0) is 9.53 Å². The van der Waals surface area contributed by atoms with Crippen molar-refractivity contribution in [3.05, 3.63) is 18.3 Å². The largest absolute Gasteiger partial charge is 0.492 e. The molecule has 1 saturated heterocycles. The molecule has 1 fully saturated rings. The first-order chi connectivity index (χ1) is 8.25. The third-order valence-electron chi connectivity index (χ3n) is 2.47. The van der Waals surface area contributed by atoms with Crippen LogP contribution in [0.1, 0.15) is 0 Å². The van der Waals surface area contributed by atoms with E-state index < -0.39 is 0 Å². The van der Waals surface area contributed by atoms with Gasteiger partial charge in [-0.25, -0.2) is 4.98 Å². The number of hydrogen-bond donors (Lipinski definition) is 1. The van der Waals surface area contributed by atoms with Crippen LogP contribution in [0.25, 0.3) is 0 Å². The topological polar surface area (TPSA) is 77.7 Å². The van der Waals surface area contributed by atoms with E-state index in [0.717, 1.165) is 0 Å². The lowest BCUT2D eigenvalue weighted by atomic mass is 10.4. The Kier molecular flexibility index (Phi) is 3.77. The normalized spacial score (nSPS) is 16.0. The van der Waals surface area contributed by atoms with Crippen LogP contribution in [0, 0.1) is 0 Å². The number of rotatable bonds is 4. The molecule has 0 spiro atoms. The summed E-state index contributed by atoms with van der Waals surface area (Å²) in [6.45, 7) is 2.39. The summed E-state index contributed by atoms with van der Waals surface area (Å²) in [4.78, 5) is 17.0. The number of nitrogen functional groups attached to an aromatic ring is 1. The lowest BCUT2D eigenvalue weighted by molar-refractivity contribution is -0.143. The third kappa shape index (κ3) is 3.32. The van der Waals surface area contributed by atoms with Crippen molar-refractivity contribution in [1.29, 1.82) is 0 Å². The number of pyridine rings is 1. The first kappa shape index (κ1) is 11.7. The Bertz CT molecular complexity index is 397. The van der Waals surface area contributed by atoms with Crippen LogP contribution in [0.4, 0.5) is 5.82 Å². The van der Waals surface area contributed by atoms with Gasteiger partial charge in [0.25, 0.3) is 0 Å². The smallest absolute Gasteiger partial charge is 0.248 e. The average Bonchev–Trinajstić information content (AvgIpc) is 2.32. The first-order valence-electron chi connectivity index (χ1n) is 5.45. The van der Waals surface area contributed by atoms with Crippen molar-refractivity contribution in [2.45, 2.75) is 0 Å². The van der Waals surface area contributed by atoms with Crippen LogP contribution in [0.3, 0.4) is 0 Å². The van der Waals surface area contributed by atoms with Gasteiger partial charge in [-0.1, -0.05) is 0 Å². The molecule has 6 heteroatoms. The number of carbonyl (C=O) groups excluding carboxylic acids is 1. The van der Waals surface area contributed by atoms with E-state index in [-0.39, 0.29) is 12.5 Å². The number of nitrogens with two attached hydrogens (primary N) is 1. The minimum Gasteiger partial charge on any atom is -0.492 e. The van der Waals surface area contributed by atoms with Gasteiger partial charge in [0.1, 0.15) is 24.8 Å². The SMILES string of the molecule is Nc1cc(OCCN2CCOCC2=O)ccn1. The molecule has 1 aliphatic heterocycles. The highest BCUT2D eigenvalue weighted by molar-refractivity contribution is 5.77. The van der Waals surface area contributed by atoms with Crippen LogP contribution in [0.15, 0.2) is 18.3 Å². The molecular formula is C11H15N3O3. The molecule has 0 aliphatic carbocycles. The minimum atomic E-state index is 0.00842. The predicted molar refractivity (Wildman–Crippen MR) is 61.5 cm³/mol. The van der Waals surface area contributed by atoms with Crippen molar-refractivity contribution in [3.63, 3.8) is 0 Å². The summed E-state index contributed by atoms with van der Waals surface area (Å²) in [6.07, 6.45) is 1.59. The maximum absolute atomic E-state index is 11.4. The standard InChI is InChI=1S/C11H15N3O3/c12-10-7-9(1-2-13-10)17-6-4-14-3-5-16-8-11(14)15/h1-2,7H,3-6,8H2,(H2,12,13). The molecule has 1 amide bonds. The molecule has 2 N–H and O–H groups in total. The quantitative estimate of drug-likeness (QED) is 0.791. The van der Waals surface area contributed by atoms with Gasteiger partial charge in [-0.2, -0.15) is 0 Å². The zero-order valence-corrected chi connectivity index (χ0v) is 9.46. The second kappa shape index (κ2) is 5.49. The molecule has 1 aliphatic rings. The number of morpholine rings is 1. The highest BCUT2D eigenvalue weighted by Crippen LogP contribution is 2.11. The van der Waals surface area contributed by atoms with E-state index in [0.29, 0.717) is 37.9 Å². The Morgan fingerprint density at radius 3 is 3.24 bits per heavy atom. The molecule has 6 nitrogen and oxygen atoms in total. The zero-order valence-electron chi connectivity index (χ0n) is 9.46. The fourth-order valence-corrected chi connectivity index (χ4v) is 1.58. The Balaban J connectivity index is 1.77.